The number of amides is 4. The van der Waals surface area contributed by atoms with Crippen molar-refractivity contribution < 1.29 is 19.1 Å². The maximum Gasteiger partial charge on any atom is 0.332 e. The Labute approximate surface area is 226 Å². The molecular weight excluding hydrogens is 518 g/mol. The third-order valence-electron chi connectivity index (χ3n) is 6.61. The molecule has 1 aliphatic heterocycles. The summed E-state index contributed by atoms with van der Waals surface area (Å²) in [6.07, 6.45) is 8.34. The normalized spacial score (nSPS) is 17.9. The maximum atomic E-state index is 13.4. The van der Waals surface area contributed by atoms with Gasteiger partial charge in [-0.1, -0.05) is 12.6 Å². The SMILES string of the molecule is C=CC(=O)N[C@H]1CCC[C@H]1NC(=O)c1sc2nccc3c2c1NC(=O)N3c1ccc(Oc2ccccn2)cn1. The lowest BCUT2D eigenvalue weighted by atomic mass is 10.1. The zero-order valence-electron chi connectivity index (χ0n) is 20.6. The summed E-state index contributed by atoms with van der Waals surface area (Å²) >= 11 is 1.20. The van der Waals surface area contributed by atoms with Gasteiger partial charge >= 0.3 is 6.03 Å². The highest BCUT2D eigenvalue weighted by Crippen LogP contribution is 2.45. The predicted molar refractivity (Wildman–Crippen MR) is 147 cm³/mol. The number of carbonyl (C=O) groups is 3. The van der Waals surface area contributed by atoms with E-state index in [9.17, 15) is 14.4 Å². The number of rotatable bonds is 7. The van der Waals surface area contributed by atoms with E-state index in [1.165, 1.54) is 28.5 Å². The third-order valence-corrected chi connectivity index (χ3v) is 7.70. The van der Waals surface area contributed by atoms with Crippen molar-refractivity contribution >= 4 is 56.6 Å². The highest BCUT2D eigenvalue weighted by atomic mass is 32.1. The molecule has 6 rings (SSSR count). The Morgan fingerprint density at radius 1 is 1.08 bits per heavy atom. The molecule has 3 N–H and O–H groups in total. The van der Waals surface area contributed by atoms with E-state index in [-0.39, 0.29) is 23.9 Å². The number of ether oxygens (including phenoxy) is 1. The number of nitrogens with zero attached hydrogens (tertiary/aromatic N) is 4. The Kier molecular flexibility index (Phi) is 6.37. The van der Waals surface area contributed by atoms with Crippen LogP contribution >= 0.6 is 11.3 Å². The number of pyridine rings is 3. The van der Waals surface area contributed by atoms with E-state index < -0.39 is 6.03 Å². The van der Waals surface area contributed by atoms with Crippen molar-refractivity contribution in [2.45, 2.75) is 31.3 Å². The van der Waals surface area contributed by atoms with Gasteiger partial charge in [-0.15, -0.1) is 11.3 Å². The Balaban J connectivity index is 1.27. The number of urea groups is 1. The first-order valence-corrected chi connectivity index (χ1v) is 13.1. The van der Waals surface area contributed by atoms with E-state index in [4.69, 9.17) is 4.74 Å². The molecule has 0 spiro atoms. The Hall–Kier alpha value is -4.84. The summed E-state index contributed by atoms with van der Waals surface area (Å²) in [6.45, 7) is 3.49. The van der Waals surface area contributed by atoms with Crippen molar-refractivity contribution in [3.8, 4) is 11.6 Å². The quantitative estimate of drug-likeness (QED) is 0.293. The summed E-state index contributed by atoms with van der Waals surface area (Å²) in [5.74, 6) is 0.678. The Morgan fingerprint density at radius 2 is 1.92 bits per heavy atom. The molecule has 1 saturated carbocycles. The first-order valence-electron chi connectivity index (χ1n) is 12.3. The lowest BCUT2D eigenvalue weighted by Gasteiger charge is -2.27. The molecule has 1 aliphatic carbocycles. The molecule has 12 heteroatoms. The second-order valence-corrected chi connectivity index (χ2v) is 10.0. The summed E-state index contributed by atoms with van der Waals surface area (Å²) in [4.78, 5) is 53.9. The maximum absolute atomic E-state index is 13.4. The fourth-order valence-corrected chi connectivity index (χ4v) is 5.87. The number of hydrogen-bond donors (Lipinski definition) is 3. The van der Waals surface area contributed by atoms with Gasteiger partial charge in [-0.25, -0.2) is 24.6 Å². The number of thiophene rings is 1. The van der Waals surface area contributed by atoms with E-state index in [1.807, 2.05) is 6.07 Å². The van der Waals surface area contributed by atoms with Crippen LogP contribution in [0.5, 0.6) is 11.6 Å². The van der Waals surface area contributed by atoms with Crippen LogP contribution in [0.4, 0.5) is 22.0 Å². The molecule has 11 nitrogen and oxygen atoms in total. The number of anilines is 3. The lowest BCUT2D eigenvalue weighted by molar-refractivity contribution is -0.117. The van der Waals surface area contributed by atoms with Crippen molar-refractivity contribution in [1.29, 1.82) is 0 Å². The fourth-order valence-electron chi connectivity index (χ4n) is 4.85. The van der Waals surface area contributed by atoms with Gasteiger partial charge in [0.05, 0.1) is 23.0 Å². The van der Waals surface area contributed by atoms with Gasteiger partial charge < -0.3 is 20.7 Å². The van der Waals surface area contributed by atoms with Gasteiger partial charge in [-0.05, 0) is 49.6 Å². The van der Waals surface area contributed by atoms with Crippen molar-refractivity contribution in [2.75, 3.05) is 10.2 Å². The molecule has 196 valence electrons. The summed E-state index contributed by atoms with van der Waals surface area (Å²) in [5, 5.41) is 9.44. The third kappa shape index (κ3) is 4.66. The predicted octanol–water partition coefficient (Wildman–Crippen LogP) is 4.52. The van der Waals surface area contributed by atoms with Gasteiger partial charge in [0.15, 0.2) is 0 Å². The van der Waals surface area contributed by atoms with Crippen LogP contribution in [0.1, 0.15) is 28.9 Å². The Morgan fingerprint density at radius 3 is 2.67 bits per heavy atom. The largest absolute Gasteiger partial charge is 0.437 e. The number of aromatic nitrogens is 3. The minimum atomic E-state index is -0.453. The van der Waals surface area contributed by atoms with Crippen LogP contribution in [0.15, 0.2) is 67.6 Å². The van der Waals surface area contributed by atoms with Gasteiger partial charge in [0, 0.05) is 30.5 Å². The summed E-state index contributed by atoms with van der Waals surface area (Å²) < 4.78 is 5.71. The molecule has 4 amide bonds. The molecule has 0 radical (unpaired) electrons. The first kappa shape index (κ1) is 24.5. The van der Waals surface area contributed by atoms with Crippen molar-refractivity contribution in [3.05, 3.63) is 72.5 Å². The second kappa shape index (κ2) is 10.1. The van der Waals surface area contributed by atoms with Crippen molar-refractivity contribution in [1.82, 2.24) is 25.6 Å². The average Bonchev–Trinajstić information content (AvgIpc) is 3.54. The molecule has 1 fully saturated rings. The molecule has 2 aliphatic rings. The van der Waals surface area contributed by atoms with Crippen LogP contribution in [-0.4, -0.2) is 44.9 Å². The molecule has 4 aromatic heterocycles. The number of nitrogens with one attached hydrogen (secondary N) is 3. The van der Waals surface area contributed by atoms with E-state index >= 15 is 0 Å². The molecule has 39 heavy (non-hydrogen) atoms. The van der Waals surface area contributed by atoms with E-state index in [0.717, 1.165) is 19.3 Å². The fraction of sp³-hybridized carbons (Fsp3) is 0.185. The molecule has 0 saturated heterocycles. The van der Waals surface area contributed by atoms with Crippen LogP contribution in [0.3, 0.4) is 0 Å². The van der Waals surface area contributed by atoms with Gasteiger partial charge in [0.25, 0.3) is 5.91 Å². The number of carbonyl (C=O) groups excluding carboxylic acids is 3. The van der Waals surface area contributed by atoms with Crippen LogP contribution < -0.4 is 25.6 Å². The molecule has 4 aromatic rings. The van der Waals surface area contributed by atoms with Crippen LogP contribution in [0, 0.1) is 0 Å². The highest BCUT2D eigenvalue weighted by molar-refractivity contribution is 7.21. The molecule has 0 bridgehead atoms. The van der Waals surface area contributed by atoms with Crippen molar-refractivity contribution in [3.63, 3.8) is 0 Å². The van der Waals surface area contributed by atoms with E-state index in [1.54, 1.807) is 42.7 Å². The first-order chi connectivity index (χ1) is 19.0. The summed E-state index contributed by atoms with van der Waals surface area (Å²) in [5.41, 5.74) is 0.980. The molecule has 0 unspecified atom stereocenters. The molecule has 5 heterocycles. The zero-order valence-corrected chi connectivity index (χ0v) is 21.4. The summed E-state index contributed by atoms with van der Waals surface area (Å²) in [6, 6.07) is 9.58. The van der Waals surface area contributed by atoms with Crippen LogP contribution in [0.25, 0.3) is 10.2 Å². The number of hydrogen-bond acceptors (Lipinski definition) is 8. The monoisotopic (exact) mass is 541 g/mol. The minimum Gasteiger partial charge on any atom is -0.437 e. The molecule has 2 atom stereocenters. The Bertz CT molecular complexity index is 1590. The topological polar surface area (TPSA) is 138 Å². The van der Waals surface area contributed by atoms with Crippen molar-refractivity contribution in [2.24, 2.45) is 0 Å². The zero-order chi connectivity index (χ0) is 26.9. The average molecular weight is 542 g/mol. The van der Waals surface area contributed by atoms with E-state index in [0.29, 0.717) is 43.9 Å². The smallest absolute Gasteiger partial charge is 0.332 e. The summed E-state index contributed by atoms with van der Waals surface area (Å²) in [7, 11) is 0. The minimum absolute atomic E-state index is 0.181. The highest BCUT2D eigenvalue weighted by Gasteiger charge is 2.35. The van der Waals surface area contributed by atoms with Gasteiger partial charge in [-0.2, -0.15) is 0 Å². The second-order valence-electron chi connectivity index (χ2n) is 9.03. The molecular formula is C27H23N7O4S. The van der Waals surface area contributed by atoms with Crippen LogP contribution in [-0.2, 0) is 4.79 Å². The molecule has 0 aromatic carbocycles. The lowest BCUT2D eigenvalue weighted by Crippen LogP contribution is -2.48. The van der Waals surface area contributed by atoms with Gasteiger partial charge in [0.1, 0.15) is 21.3 Å². The van der Waals surface area contributed by atoms with Gasteiger partial charge in [-0.3, -0.25) is 9.59 Å². The van der Waals surface area contributed by atoms with E-state index in [2.05, 4.69) is 37.5 Å². The van der Waals surface area contributed by atoms with Crippen LogP contribution in [0.2, 0.25) is 0 Å². The standard InChI is InChI=1S/C27H23N7O4S/c1-2-20(35)31-16-6-5-7-17(16)32-25(36)24-23-22-18(11-13-29-26(22)39-24)34(27(37)33-23)19-10-9-15(14-30-19)38-21-8-3-4-12-28-21/h2-4,8-14,16-17H,1,5-7H2,(H,31,35)(H,32,36)(H,33,37)/t16-,17+/m0/s1. The van der Waals surface area contributed by atoms with Gasteiger partial charge in [0.2, 0.25) is 11.8 Å².